The van der Waals surface area contributed by atoms with Gasteiger partial charge in [-0.1, -0.05) is 42.0 Å². The molecule has 0 atom stereocenters. The number of carbonyl (C=O) groups is 1. The molecule has 5 heteroatoms. The lowest BCUT2D eigenvalue weighted by molar-refractivity contribution is 0.0695. The monoisotopic (exact) mass is 376 g/mol. The van der Waals surface area contributed by atoms with Crippen LogP contribution >= 0.6 is 11.3 Å². The van der Waals surface area contributed by atoms with Crippen LogP contribution in [0.3, 0.4) is 0 Å². The van der Waals surface area contributed by atoms with Gasteiger partial charge in [-0.25, -0.2) is 9.48 Å². The summed E-state index contributed by atoms with van der Waals surface area (Å²) in [5.74, 6) is -0.935. The Morgan fingerprint density at radius 3 is 2.59 bits per heavy atom. The van der Waals surface area contributed by atoms with Crippen LogP contribution in [0, 0.1) is 20.8 Å². The molecule has 0 aliphatic heterocycles. The minimum atomic E-state index is -0.935. The summed E-state index contributed by atoms with van der Waals surface area (Å²) < 4.78 is 2.89. The Morgan fingerprint density at radius 1 is 1.11 bits per heavy atom. The molecule has 27 heavy (non-hydrogen) atoms. The van der Waals surface area contributed by atoms with Gasteiger partial charge in [-0.05, 0) is 43.9 Å². The van der Waals surface area contributed by atoms with E-state index >= 15 is 0 Å². The van der Waals surface area contributed by atoms with E-state index in [2.05, 4.69) is 48.4 Å². The Balaban J connectivity index is 1.81. The van der Waals surface area contributed by atoms with Gasteiger partial charge >= 0.3 is 5.97 Å². The van der Waals surface area contributed by atoms with Gasteiger partial charge in [0.1, 0.15) is 5.56 Å². The van der Waals surface area contributed by atoms with E-state index in [1.54, 1.807) is 22.9 Å². The Bertz CT molecular complexity index is 1170. The van der Waals surface area contributed by atoms with Crippen molar-refractivity contribution in [3.8, 4) is 5.69 Å². The van der Waals surface area contributed by atoms with Crippen LogP contribution in [0.5, 0.6) is 0 Å². The number of carboxylic acid groups (broad SMARTS) is 1. The fraction of sp³-hybridized carbons (Fsp3) is 0.182. The topological polar surface area (TPSA) is 55.1 Å². The molecular weight excluding hydrogens is 356 g/mol. The van der Waals surface area contributed by atoms with Gasteiger partial charge in [0.15, 0.2) is 0 Å². The van der Waals surface area contributed by atoms with Crippen LogP contribution in [0.1, 0.15) is 37.7 Å². The molecule has 1 N–H and O–H groups in total. The summed E-state index contributed by atoms with van der Waals surface area (Å²) in [6.07, 6.45) is 0.887. The van der Waals surface area contributed by atoms with E-state index in [-0.39, 0.29) is 5.56 Å². The Hall–Kier alpha value is -2.92. The molecule has 0 saturated heterocycles. The number of nitrogens with zero attached hydrogens (tertiary/aromatic N) is 2. The fourth-order valence-corrected chi connectivity index (χ4v) is 4.76. The van der Waals surface area contributed by atoms with Crippen LogP contribution in [0.15, 0.2) is 48.5 Å². The summed E-state index contributed by atoms with van der Waals surface area (Å²) in [6, 6.07) is 16.9. The first kappa shape index (κ1) is 17.5. The zero-order valence-corrected chi connectivity index (χ0v) is 16.3. The molecule has 0 aliphatic carbocycles. The molecule has 4 nitrogen and oxygen atoms in total. The third-order valence-electron chi connectivity index (χ3n) is 4.77. The van der Waals surface area contributed by atoms with Crippen LogP contribution in [-0.4, -0.2) is 20.9 Å². The zero-order valence-electron chi connectivity index (χ0n) is 15.5. The molecule has 0 radical (unpaired) electrons. The lowest BCUT2D eigenvalue weighted by Crippen LogP contribution is -2.02. The number of thiophene rings is 1. The van der Waals surface area contributed by atoms with Crippen LogP contribution in [0.2, 0.25) is 0 Å². The molecule has 0 aliphatic rings. The lowest BCUT2D eigenvalue weighted by Gasteiger charge is -2.06. The Morgan fingerprint density at radius 2 is 1.89 bits per heavy atom. The summed E-state index contributed by atoms with van der Waals surface area (Å²) in [5, 5.41) is 15.1. The number of rotatable bonds is 4. The first-order chi connectivity index (χ1) is 12.9. The molecule has 2 aromatic heterocycles. The van der Waals surface area contributed by atoms with E-state index in [0.717, 1.165) is 22.2 Å². The second-order valence-corrected chi connectivity index (χ2v) is 7.97. The Labute approximate surface area is 161 Å². The second-order valence-electron chi connectivity index (χ2n) is 6.84. The van der Waals surface area contributed by atoms with Crippen LogP contribution in [-0.2, 0) is 6.42 Å². The predicted molar refractivity (Wildman–Crippen MR) is 109 cm³/mol. The average molecular weight is 376 g/mol. The highest BCUT2D eigenvalue weighted by Crippen LogP contribution is 2.33. The highest BCUT2D eigenvalue weighted by molar-refractivity contribution is 7.19. The number of fused-ring (bicyclic) bond motifs is 1. The number of benzene rings is 2. The van der Waals surface area contributed by atoms with E-state index in [0.29, 0.717) is 11.4 Å². The third kappa shape index (κ3) is 3.15. The van der Waals surface area contributed by atoms with E-state index in [9.17, 15) is 9.90 Å². The van der Waals surface area contributed by atoms with Crippen molar-refractivity contribution in [3.63, 3.8) is 0 Å². The van der Waals surface area contributed by atoms with Gasteiger partial charge in [-0.2, -0.15) is 5.10 Å². The largest absolute Gasteiger partial charge is 0.478 e. The number of aromatic nitrogens is 2. The SMILES string of the molecule is Cc1cccc(Cc2cc3cccc(-n4nc(C)c(C(=O)O)c4C)c3s2)c1. The maximum atomic E-state index is 11.5. The minimum Gasteiger partial charge on any atom is -0.478 e. The number of carboxylic acids is 1. The highest BCUT2D eigenvalue weighted by Gasteiger charge is 2.20. The molecule has 0 amide bonds. The minimum absolute atomic E-state index is 0.281. The van der Waals surface area contributed by atoms with Gasteiger partial charge in [-0.15, -0.1) is 11.3 Å². The molecule has 0 saturated carbocycles. The van der Waals surface area contributed by atoms with Crippen molar-refractivity contribution >= 4 is 27.4 Å². The summed E-state index contributed by atoms with van der Waals surface area (Å²) in [5.41, 5.74) is 4.96. The van der Waals surface area contributed by atoms with E-state index in [1.807, 2.05) is 19.1 Å². The van der Waals surface area contributed by atoms with Crippen LogP contribution in [0.4, 0.5) is 0 Å². The van der Waals surface area contributed by atoms with E-state index in [4.69, 9.17) is 0 Å². The number of aromatic carboxylic acids is 1. The van der Waals surface area contributed by atoms with Gasteiger partial charge in [-0.3, -0.25) is 0 Å². The second kappa shape index (κ2) is 6.67. The van der Waals surface area contributed by atoms with Crippen molar-refractivity contribution < 1.29 is 9.90 Å². The van der Waals surface area contributed by atoms with Crippen molar-refractivity contribution in [2.75, 3.05) is 0 Å². The summed E-state index contributed by atoms with van der Waals surface area (Å²) in [4.78, 5) is 12.8. The van der Waals surface area contributed by atoms with Crippen LogP contribution in [0.25, 0.3) is 15.8 Å². The van der Waals surface area contributed by atoms with Gasteiger partial charge in [0.2, 0.25) is 0 Å². The summed E-state index contributed by atoms with van der Waals surface area (Å²) in [7, 11) is 0. The number of hydrogen-bond acceptors (Lipinski definition) is 3. The third-order valence-corrected chi connectivity index (χ3v) is 5.94. The average Bonchev–Trinajstić information content (AvgIpc) is 3.14. The molecule has 0 fully saturated rings. The molecule has 2 heterocycles. The first-order valence-electron chi connectivity index (χ1n) is 8.81. The number of hydrogen-bond donors (Lipinski definition) is 1. The molecule has 4 aromatic rings. The standard InChI is InChI=1S/C22H20N2O2S/c1-13-6-4-7-16(10-13)11-18-12-17-8-5-9-19(21(17)27-18)24-15(3)20(22(25)26)14(2)23-24/h4-10,12H,11H2,1-3H3,(H,25,26). The van der Waals surface area contributed by atoms with Gasteiger partial charge < -0.3 is 5.11 Å². The number of aryl methyl sites for hydroxylation is 2. The zero-order chi connectivity index (χ0) is 19.1. The summed E-state index contributed by atoms with van der Waals surface area (Å²) >= 11 is 1.74. The van der Waals surface area contributed by atoms with Gasteiger partial charge in [0, 0.05) is 11.3 Å². The molecule has 0 unspecified atom stereocenters. The lowest BCUT2D eigenvalue weighted by atomic mass is 10.1. The smallest absolute Gasteiger partial charge is 0.339 e. The molecule has 4 rings (SSSR count). The normalized spacial score (nSPS) is 11.2. The predicted octanol–water partition coefficient (Wildman–Crippen LogP) is 5.30. The van der Waals surface area contributed by atoms with Gasteiger partial charge in [0.25, 0.3) is 0 Å². The molecular formula is C22H20N2O2S. The molecule has 2 aromatic carbocycles. The Kier molecular flexibility index (Phi) is 4.32. The van der Waals surface area contributed by atoms with Crippen molar-refractivity contribution in [2.45, 2.75) is 27.2 Å². The van der Waals surface area contributed by atoms with Gasteiger partial charge in [0.05, 0.1) is 21.8 Å². The maximum Gasteiger partial charge on any atom is 0.339 e. The molecule has 136 valence electrons. The van der Waals surface area contributed by atoms with E-state index < -0.39 is 5.97 Å². The first-order valence-corrected chi connectivity index (χ1v) is 9.62. The molecule has 0 bridgehead atoms. The molecule has 0 spiro atoms. The fourth-order valence-electron chi connectivity index (χ4n) is 3.57. The maximum absolute atomic E-state index is 11.5. The van der Waals surface area contributed by atoms with Crippen molar-refractivity contribution in [3.05, 3.63) is 81.5 Å². The van der Waals surface area contributed by atoms with Crippen molar-refractivity contribution in [1.82, 2.24) is 9.78 Å². The van der Waals surface area contributed by atoms with Crippen molar-refractivity contribution in [1.29, 1.82) is 0 Å². The highest BCUT2D eigenvalue weighted by atomic mass is 32.1. The van der Waals surface area contributed by atoms with Crippen LogP contribution < -0.4 is 0 Å². The van der Waals surface area contributed by atoms with Crippen molar-refractivity contribution in [2.24, 2.45) is 0 Å². The quantitative estimate of drug-likeness (QED) is 0.526. The summed E-state index contributed by atoms with van der Waals surface area (Å²) in [6.45, 7) is 5.66. The van der Waals surface area contributed by atoms with E-state index in [1.165, 1.54) is 16.0 Å².